The van der Waals surface area contributed by atoms with Gasteiger partial charge in [0.1, 0.15) is 0 Å². The van der Waals surface area contributed by atoms with Crippen LogP contribution in [0.3, 0.4) is 0 Å². The zero-order chi connectivity index (χ0) is 9.26. The second-order valence-electron chi connectivity index (χ2n) is 3.74. The Bertz CT molecular complexity index is 280. The molecule has 72 valence electrons. The summed E-state index contributed by atoms with van der Waals surface area (Å²) in [4.78, 5) is 6.46. The van der Waals surface area contributed by atoms with Gasteiger partial charge in [-0.05, 0) is 26.8 Å². The molecule has 0 bridgehead atoms. The van der Waals surface area contributed by atoms with E-state index in [2.05, 4.69) is 22.1 Å². The number of rotatable bonds is 3. The van der Waals surface area contributed by atoms with Crippen molar-refractivity contribution in [2.75, 3.05) is 7.05 Å². The predicted molar refractivity (Wildman–Crippen MR) is 48.1 cm³/mol. The lowest BCUT2D eigenvalue weighted by atomic mass is 9.92. The molecule has 1 saturated carbocycles. The van der Waals surface area contributed by atoms with Crippen molar-refractivity contribution in [3.05, 3.63) is 11.7 Å². The van der Waals surface area contributed by atoms with Gasteiger partial charge < -0.3 is 4.52 Å². The zero-order valence-electron chi connectivity index (χ0n) is 8.16. The predicted octanol–water partition coefficient (Wildman–Crippen LogP) is 1.36. The van der Waals surface area contributed by atoms with Crippen molar-refractivity contribution >= 4 is 0 Å². The molecule has 0 N–H and O–H groups in total. The Morgan fingerprint density at radius 1 is 1.54 bits per heavy atom. The molecule has 0 amide bonds. The van der Waals surface area contributed by atoms with E-state index >= 15 is 0 Å². The Hall–Kier alpha value is -0.900. The molecule has 0 aliphatic heterocycles. The lowest BCUT2D eigenvalue weighted by molar-refractivity contribution is 0.137. The van der Waals surface area contributed by atoms with Crippen LogP contribution in [0.5, 0.6) is 0 Å². The fourth-order valence-electron chi connectivity index (χ4n) is 1.57. The highest BCUT2D eigenvalue weighted by molar-refractivity contribution is 4.85. The monoisotopic (exact) mass is 181 g/mol. The third kappa shape index (κ3) is 1.88. The summed E-state index contributed by atoms with van der Waals surface area (Å²) in [7, 11) is 2.11. The van der Waals surface area contributed by atoms with Crippen LogP contribution in [0.2, 0.25) is 0 Å². The molecule has 13 heavy (non-hydrogen) atoms. The van der Waals surface area contributed by atoms with Crippen molar-refractivity contribution < 1.29 is 4.52 Å². The maximum absolute atomic E-state index is 5.05. The topological polar surface area (TPSA) is 42.2 Å². The first-order valence-corrected chi connectivity index (χ1v) is 4.75. The minimum Gasteiger partial charge on any atom is -0.338 e. The molecule has 0 atom stereocenters. The van der Waals surface area contributed by atoms with Gasteiger partial charge in [0.05, 0.1) is 6.54 Å². The Morgan fingerprint density at radius 3 is 2.77 bits per heavy atom. The number of aryl methyl sites for hydroxylation is 1. The molecule has 0 aromatic carbocycles. The van der Waals surface area contributed by atoms with Crippen LogP contribution in [0.4, 0.5) is 0 Å². The van der Waals surface area contributed by atoms with Gasteiger partial charge in [-0.2, -0.15) is 4.98 Å². The minimum absolute atomic E-state index is 0.719. The van der Waals surface area contributed by atoms with Gasteiger partial charge >= 0.3 is 0 Å². The van der Waals surface area contributed by atoms with Crippen LogP contribution in [0.25, 0.3) is 0 Å². The lowest BCUT2D eigenvalue weighted by Gasteiger charge is -2.33. The highest BCUT2D eigenvalue weighted by Gasteiger charge is 2.23. The maximum atomic E-state index is 5.05. The van der Waals surface area contributed by atoms with E-state index in [1.165, 1.54) is 19.3 Å². The summed E-state index contributed by atoms with van der Waals surface area (Å²) < 4.78 is 5.05. The Kier molecular flexibility index (Phi) is 2.31. The van der Waals surface area contributed by atoms with E-state index in [1.807, 2.05) is 6.92 Å². The van der Waals surface area contributed by atoms with Crippen LogP contribution in [0, 0.1) is 6.92 Å². The van der Waals surface area contributed by atoms with E-state index in [0.29, 0.717) is 0 Å². The minimum atomic E-state index is 0.719. The third-order valence-electron chi connectivity index (χ3n) is 2.65. The zero-order valence-corrected chi connectivity index (χ0v) is 8.16. The van der Waals surface area contributed by atoms with Gasteiger partial charge in [0.2, 0.25) is 5.89 Å². The van der Waals surface area contributed by atoms with Crippen molar-refractivity contribution in [1.82, 2.24) is 15.0 Å². The van der Waals surface area contributed by atoms with Gasteiger partial charge in [-0.3, -0.25) is 4.90 Å². The van der Waals surface area contributed by atoms with Crippen LogP contribution in [-0.4, -0.2) is 28.1 Å². The van der Waals surface area contributed by atoms with Crippen molar-refractivity contribution in [1.29, 1.82) is 0 Å². The van der Waals surface area contributed by atoms with Crippen molar-refractivity contribution in [2.24, 2.45) is 0 Å². The van der Waals surface area contributed by atoms with E-state index in [4.69, 9.17) is 4.52 Å². The average molecular weight is 181 g/mol. The molecule has 0 saturated heterocycles. The molecule has 1 aromatic heterocycles. The fourth-order valence-corrected chi connectivity index (χ4v) is 1.57. The van der Waals surface area contributed by atoms with Crippen LogP contribution in [-0.2, 0) is 6.54 Å². The fraction of sp³-hybridized carbons (Fsp3) is 0.778. The van der Waals surface area contributed by atoms with Crippen LogP contribution >= 0.6 is 0 Å². The molecule has 1 aliphatic carbocycles. The Balaban J connectivity index is 1.89. The molecule has 0 spiro atoms. The van der Waals surface area contributed by atoms with Crippen LogP contribution in [0.1, 0.15) is 31.0 Å². The second kappa shape index (κ2) is 3.46. The first kappa shape index (κ1) is 8.69. The van der Waals surface area contributed by atoms with Crippen LogP contribution in [0.15, 0.2) is 4.52 Å². The van der Waals surface area contributed by atoms with Gasteiger partial charge in [-0.15, -0.1) is 0 Å². The molecular formula is C9H15N3O. The summed E-state index contributed by atoms with van der Waals surface area (Å²) in [6, 6.07) is 0.729. The third-order valence-corrected chi connectivity index (χ3v) is 2.65. The summed E-state index contributed by atoms with van der Waals surface area (Å²) >= 11 is 0. The van der Waals surface area contributed by atoms with Gasteiger partial charge in [-0.1, -0.05) is 11.6 Å². The number of hydrogen-bond acceptors (Lipinski definition) is 4. The molecular weight excluding hydrogens is 166 g/mol. The smallest absolute Gasteiger partial charge is 0.240 e. The van der Waals surface area contributed by atoms with Crippen molar-refractivity contribution in [3.63, 3.8) is 0 Å². The molecule has 1 aliphatic rings. The van der Waals surface area contributed by atoms with Crippen molar-refractivity contribution in [3.8, 4) is 0 Å². The number of hydrogen-bond donors (Lipinski definition) is 0. The van der Waals surface area contributed by atoms with Gasteiger partial charge in [0, 0.05) is 6.04 Å². The molecule has 4 heteroatoms. The Morgan fingerprint density at radius 2 is 2.31 bits per heavy atom. The molecule has 0 radical (unpaired) electrons. The Labute approximate surface area is 77.9 Å². The first-order valence-electron chi connectivity index (χ1n) is 4.75. The number of aromatic nitrogens is 2. The molecule has 0 unspecified atom stereocenters. The number of nitrogens with zero attached hydrogens (tertiary/aromatic N) is 3. The summed E-state index contributed by atoms with van der Waals surface area (Å²) in [5.74, 6) is 1.45. The first-order chi connectivity index (χ1) is 6.25. The molecule has 1 aromatic rings. The summed E-state index contributed by atoms with van der Waals surface area (Å²) in [5.41, 5.74) is 0. The van der Waals surface area contributed by atoms with E-state index < -0.39 is 0 Å². The van der Waals surface area contributed by atoms with Gasteiger partial charge in [0.15, 0.2) is 5.82 Å². The van der Waals surface area contributed by atoms with Gasteiger partial charge in [-0.25, -0.2) is 0 Å². The quantitative estimate of drug-likeness (QED) is 0.706. The lowest BCUT2D eigenvalue weighted by Crippen LogP contribution is -2.36. The van der Waals surface area contributed by atoms with E-state index in [1.54, 1.807) is 0 Å². The maximum Gasteiger partial charge on any atom is 0.240 e. The normalized spacial score (nSPS) is 17.8. The van der Waals surface area contributed by atoms with E-state index in [0.717, 1.165) is 24.3 Å². The highest BCUT2D eigenvalue weighted by Crippen LogP contribution is 2.24. The van der Waals surface area contributed by atoms with E-state index in [-0.39, 0.29) is 0 Å². The van der Waals surface area contributed by atoms with Gasteiger partial charge in [0.25, 0.3) is 0 Å². The SMILES string of the molecule is Cc1noc(CN(C)C2CCC2)n1. The van der Waals surface area contributed by atoms with Crippen LogP contribution < -0.4 is 0 Å². The standard InChI is InChI=1S/C9H15N3O/c1-7-10-9(13-11-7)6-12(2)8-4-3-5-8/h8H,3-6H2,1-2H3. The summed E-state index contributed by atoms with van der Waals surface area (Å²) in [6.45, 7) is 2.63. The molecule has 2 rings (SSSR count). The largest absolute Gasteiger partial charge is 0.338 e. The molecule has 4 nitrogen and oxygen atoms in total. The highest BCUT2D eigenvalue weighted by atomic mass is 16.5. The average Bonchev–Trinajstić information content (AvgIpc) is 2.31. The summed E-state index contributed by atoms with van der Waals surface area (Å²) in [5, 5.41) is 3.76. The van der Waals surface area contributed by atoms with E-state index in [9.17, 15) is 0 Å². The van der Waals surface area contributed by atoms with Crippen molar-refractivity contribution in [2.45, 2.75) is 38.8 Å². The second-order valence-corrected chi connectivity index (χ2v) is 3.74. The summed E-state index contributed by atoms with van der Waals surface area (Å²) in [6.07, 6.45) is 3.98. The molecule has 1 fully saturated rings. The molecule has 1 heterocycles.